The maximum absolute atomic E-state index is 11.1. The first-order chi connectivity index (χ1) is 15.3. The van der Waals surface area contributed by atoms with E-state index in [1.165, 1.54) is 25.7 Å². The Morgan fingerprint density at radius 2 is 1.82 bits per heavy atom. The molecule has 0 heterocycles. The fourth-order valence-corrected chi connectivity index (χ4v) is 9.50. The second-order valence-electron chi connectivity index (χ2n) is 13.6. The summed E-state index contributed by atoms with van der Waals surface area (Å²) in [5.41, 5.74) is 3.13. The van der Waals surface area contributed by atoms with E-state index < -0.39 is 5.97 Å². The quantitative estimate of drug-likeness (QED) is 0.335. The van der Waals surface area contributed by atoms with Crippen LogP contribution in [0.5, 0.6) is 0 Å². The predicted molar refractivity (Wildman–Crippen MR) is 135 cm³/mol. The first kappa shape index (κ1) is 25.0. The number of carboxylic acids is 1. The van der Waals surface area contributed by atoms with Crippen molar-refractivity contribution in [2.24, 2.45) is 45.3 Å². The zero-order valence-electron chi connectivity index (χ0n) is 22.2. The van der Waals surface area contributed by atoms with Crippen molar-refractivity contribution in [3.05, 3.63) is 23.3 Å². The molecule has 186 valence electrons. The van der Waals surface area contributed by atoms with E-state index in [2.05, 4.69) is 47.6 Å². The van der Waals surface area contributed by atoms with Crippen LogP contribution < -0.4 is 0 Å². The molecule has 3 heteroatoms. The van der Waals surface area contributed by atoms with Crippen molar-refractivity contribution in [2.75, 3.05) is 0 Å². The topological polar surface area (TPSA) is 57.5 Å². The molecule has 0 aromatic heterocycles. The van der Waals surface area contributed by atoms with Crippen LogP contribution in [-0.4, -0.2) is 22.3 Å². The first-order valence-electron chi connectivity index (χ1n) is 13.6. The number of hydrogen-bond acceptors (Lipinski definition) is 2. The van der Waals surface area contributed by atoms with Crippen molar-refractivity contribution < 1.29 is 15.0 Å². The average molecular weight is 457 g/mol. The number of rotatable bonds is 5. The van der Waals surface area contributed by atoms with E-state index >= 15 is 0 Å². The van der Waals surface area contributed by atoms with Gasteiger partial charge in [0.1, 0.15) is 0 Å². The molecule has 0 aromatic rings. The zero-order valence-corrected chi connectivity index (χ0v) is 22.2. The third kappa shape index (κ3) is 3.58. The molecule has 0 spiro atoms. The van der Waals surface area contributed by atoms with Gasteiger partial charge in [0.15, 0.2) is 0 Å². The largest absolute Gasteiger partial charge is 0.478 e. The van der Waals surface area contributed by atoms with Crippen molar-refractivity contribution in [1.82, 2.24) is 0 Å². The average Bonchev–Trinajstić information content (AvgIpc) is 3.02. The smallest absolute Gasteiger partial charge is 0.330 e. The number of hydrogen-bond donors (Lipinski definition) is 2. The Hall–Kier alpha value is -1.09. The zero-order chi connectivity index (χ0) is 24.4. The number of carboxylic acid groups (broad SMARTS) is 1. The van der Waals surface area contributed by atoms with Crippen LogP contribution in [0.15, 0.2) is 23.3 Å². The molecule has 4 aliphatic rings. The Morgan fingerprint density at radius 1 is 1.12 bits per heavy atom. The summed E-state index contributed by atoms with van der Waals surface area (Å²) in [6, 6.07) is 0. The minimum atomic E-state index is -0.796. The minimum absolute atomic E-state index is 0.00892. The first-order valence-corrected chi connectivity index (χ1v) is 13.6. The van der Waals surface area contributed by atoms with Gasteiger partial charge in [0.25, 0.3) is 0 Å². The number of allylic oxidation sites excluding steroid dienone is 3. The summed E-state index contributed by atoms with van der Waals surface area (Å²) in [5.74, 6) is 1.75. The lowest BCUT2D eigenvalue weighted by Gasteiger charge is -2.64. The van der Waals surface area contributed by atoms with E-state index in [1.54, 1.807) is 12.5 Å². The molecule has 33 heavy (non-hydrogen) atoms. The van der Waals surface area contributed by atoms with Crippen molar-refractivity contribution in [1.29, 1.82) is 0 Å². The normalized spacial score (nSPS) is 45.5. The fourth-order valence-electron chi connectivity index (χ4n) is 9.50. The van der Waals surface area contributed by atoms with Crippen molar-refractivity contribution >= 4 is 5.97 Å². The van der Waals surface area contributed by atoms with Crippen LogP contribution in [0.25, 0.3) is 0 Å². The number of aliphatic hydroxyl groups is 1. The Morgan fingerprint density at radius 3 is 2.48 bits per heavy atom. The van der Waals surface area contributed by atoms with Gasteiger partial charge >= 0.3 is 5.97 Å². The molecule has 0 amide bonds. The standard InChI is InChI=1S/C30H48O3/c1-19(9-8-10-20(2)26(32)33)21-13-17-30(7)23-11-12-24-27(3,4)25(31)15-16-28(24,5)22(23)14-18-29(21,30)6/h10-11,19,21-22,24-25,31H,8-9,12-18H2,1-7H3,(H,32,33)/b20-10+/t19?,21-,22?,24?,25-,28+,29-,30+/m0/s1. The van der Waals surface area contributed by atoms with Crippen LogP contribution in [0.1, 0.15) is 106 Å². The van der Waals surface area contributed by atoms with Gasteiger partial charge in [0.05, 0.1) is 6.10 Å². The molecule has 0 aromatic carbocycles. The van der Waals surface area contributed by atoms with E-state index in [1.807, 2.05) is 6.08 Å². The maximum Gasteiger partial charge on any atom is 0.330 e. The molecule has 4 rings (SSSR count). The molecule has 3 unspecified atom stereocenters. The summed E-state index contributed by atoms with van der Waals surface area (Å²) in [5, 5.41) is 20.0. The number of aliphatic hydroxyl groups excluding tert-OH is 1. The molecule has 3 saturated carbocycles. The Labute approximate surface area is 202 Å². The van der Waals surface area contributed by atoms with Crippen molar-refractivity contribution in [3.63, 3.8) is 0 Å². The van der Waals surface area contributed by atoms with Gasteiger partial charge in [-0.05, 0) is 110 Å². The lowest BCUT2D eigenvalue weighted by Crippen LogP contribution is -2.58. The Balaban J connectivity index is 1.58. The summed E-state index contributed by atoms with van der Waals surface area (Å²) in [6.07, 6.45) is 14.7. The molecule has 0 saturated heterocycles. The SMILES string of the molecule is C/C(=C\CCC(C)[C@@H]1CC[C@]2(C)C3=CCC4C(C)(C)[C@@H](O)CC[C@]4(C)C3CC[C@@]12C)C(=O)O. The van der Waals surface area contributed by atoms with Gasteiger partial charge in [-0.25, -0.2) is 4.79 Å². The molecule has 8 atom stereocenters. The van der Waals surface area contributed by atoms with E-state index in [-0.39, 0.29) is 16.9 Å². The summed E-state index contributed by atoms with van der Waals surface area (Å²) in [7, 11) is 0. The van der Waals surface area contributed by atoms with E-state index in [9.17, 15) is 9.90 Å². The Bertz CT molecular complexity index is 853. The second kappa shape index (κ2) is 8.25. The van der Waals surface area contributed by atoms with Gasteiger partial charge in [0.2, 0.25) is 0 Å². The molecule has 2 N–H and O–H groups in total. The summed E-state index contributed by atoms with van der Waals surface area (Å²) < 4.78 is 0. The Kier molecular flexibility index (Phi) is 6.25. The molecule has 3 fully saturated rings. The highest BCUT2D eigenvalue weighted by Gasteiger charge is 2.65. The summed E-state index contributed by atoms with van der Waals surface area (Å²) >= 11 is 0. The molecule has 3 nitrogen and oxygen atoms in total. The molecular weight excluding hydrogens is 408 g/mol. The third-order valence-electron chi connectivity index (χ3n) is 12.0. The highest BCUT2D eigenvalue weighted by Crippen LogP contribution is 2.73. The summed E-state index contributed by atoms with van der Waals surface area (Å²) in [4.78, 5) is 11.1. The van der Waals surface area contributed by atoms with Crippen LogP contribution in [0.3, 0.4) is 0 Å². The van der Waals surface area contributed by atoms with Crippen LogP contribution in [0, 0.1) is 45.3 Å². The van der Waals surface area contributed by atoms with Crippen LogP contribution >= 0.6 is 0 Å². The summed E-state index contributed by atoms with van der Waals surface area (Å²) in [6.45, 7) is 16.5. The van der Waals surface area contributed by atoms with E-state index in [0.29, 0.717) is 40.1 Å². The van der Waals surface area contributed by atoms with Gasteiger partial charge in [-0.1, -0.05) is 59.3 Å². The van der Waals surface area contributed by atoms with Gasteiger partial charge in [-0.2, -0.15) is 0 Å². The lowest BCUT2D eigenvalue weighted by atomic mass is 9.41. The van der Waals surface area contributed by atoms with E-state index in [0.717, 1.165) is 32.1 Å². The maximum atomic E-state index is 11.1. The minimum Gasteiger partial charge on any atom is -0.478 e. The molecule has 0 aliphatic heterocycles. The molecule has 0 radical (unpaired) electrons. The fraction of sp³-hybridized carbons (Fsp3) is 0.833. The highest BCUT2D eigenvalue weighted by atomic mass is 16.4. The van der Waals surface area contributed by atoms with Crippen molar-refractivity contribution in [2.45, 2.75) is 112 Å². The number of carbonyl (C=O) groups is 1. The number of aliphatic carboxylic acids is 1. The monoisotopic (exact) mass is 456 g/mol. The van der Waals surface area contributed by atoms with Crippen LogP contribution in [-0.2, 0) is 4.79 Å². The highest BCUT2D eigenvalue weighted by molar-refractivity contribution is 5.85. The van der Waals surface area contributed by atoms with E-state index in [4.69, 9.17) is 5.11 Å². The van der Waals surface area contributed by atoms with Crippen LogP contribution in [0.4, 0.5) is 0 Å². The van der Waals surface area contributed by atoms with Gasteiger partial charge < -0.3 is 10.2 Å². The third-order valence-corrected chi connectivity index (χ3v) is 12.0. The molecule has 0 bridgehead atoms. The molecular formula is C30H48O3. The lowest BCUT2D eigenvalue weighted by molar-refractivity contribution is -0.132. The van der Waals surface area contributed by atoms with Gasteiger partial charge in [-0.15, -0.1) is 0 Å². The second-order valence-corrected chi connectivity index (χ2v) is 13.6. The van der Waals surface area contributed by atoms with Gasteiger partial charge in [-0.3, -0.25) is 0 Å². The molecule has 4 aliphatic carbocycles. The van der Waals surface area contributed by atoms with Crippen molar-refractivity contribution in [3.8, 4) is 0 Å². The van der Waals surface area contributed by atoms with Gasteiger partial charge in [0, 0.05) is 5.57 Å². The predicted octanol–water partition coefficient (Wildman–Crippen LogP) is 7.40. The van der Waals surface area contributed by atoms with Crippen LogP contribution in [0.2, 0.25) is 0 Å². The number of fused-ring (bicyclic) bond motifs is 5.